The average molecular weight is 377 g/mol. The van der Waals surface area contributed by atoms with E-state index in [4.69, 9.17) is 18.9 Å². The minimum absolute atomic E-state index is 0.170. The molecule has 27 heavy (non-hydrogen) atoms. The van der Waals surface area contributed by atoms with Gasteiger partial charge in [0, 0.05) is 6.42 Å². The summed E-state index contributed by atoms with van der Waals surface area (Å²) in [4.78, 5) is 14.5. The van der Waals surface area contributed by atoms with Crippen LogP contribution >= 0.6 is 0 Å². The van der Waals surface area contributed by atoms with Gasteiger partial charge < -0.3 is 24.1 Å². The third kappa shape index (κ3) is 4.43. The van der Waals surface area contributed by atoms with Crippen molar-refractivity contribution < 1.29 is 28.8 Å². The van der Waals surface area contributed by atoms with Crippen molar-refractivity contribution in [3.63, 3.8) is 0 Å². The molecule has 1 aromatic rings. The summed E-state index contributed by atoms with van der Waals surface area (Å²) in [6.45, 7) is 2.33. The molecule has 2 bridgehead atoms. The van der Waals surface area contributed by atoms with Gasteiger partial charge in [-0.15, -0.1) is 0 Å². The zero-order chi connectivity index (χ0) is 18.7. The molecule has 0 spiro atoms. The number of carbonyl (C=O) groups is 1. The number of amides is 1. The summed E-state index contributed by atoms with van der Waals surface area (Å²) in [5, 5.41) is 11.1. The van der Waals surface area contributed by atoms with Gasteiger partial charge in [0.25, 0.3) is 0 Å². The number of morpholine rings is 1. The van der Waals surface area contributed by atoms with Crippen molar-refractivity contribution in [1.82, 2.24) is 4.90 Å². The van der Waals surface area contributed by atoms with Crippen LogP contribution in [0.15, 0.2) is 30.3 Å². The molecule has 148 valence electrons. The third-order valence-electron chi connectivity index (χ3n) is 5.59. The molecule has 1 aromatic carbocycles. The highest BCUT2D eigenvalue weighted by atomic mass is 16.7. The van der Waals surface area contributed by atoms with Crippen molar-refractivity contribution in [2.75, 3.05) is 26.4 Å². The van der Waals surface area contributed by atoms with E-state index >= 15 is 0 Å². The molecule has 3 aliphatic heterocycles. The molecule has 2 unspecified atom stereocenters. The molecule has 3 aliphatic rings. The van der Waals surface area contributed by atoms with Crippen LogP contribution in [0.5, 0.6) is 0 Å². The summed E-state index contributed by atoms with van der Waals surface area (Å²) >= 11 is 0. The lowest BCUT2D eigenvalue weighted by Crippen LogP contribution is -2.63. The Balaban J connectivity index is 1.35. The highest BCUT2D eigenvalue weighted by molar-refractivity contribution is 5.69. The first kappa shape index (κ1) is 18.7. The Labute approximate surface area is 159 Å². The van der Waals surface area contributed by atoms with Crippen molar-refractivity contribution in [1.29, 1.82) is 0 Å². The van der Waals surface area contributed by atoms with Gasteiger partial charge in [-0.3, -0.25) is 4.90 Å². The SMILES string of the molecule is O=C(OCc1ccccc1)N1C2COCC1CC(O)(CCC1OCCO1)C2. The number of rotatable bonds is 5. The Hall–Kier alpha value is -1.67. The second-order valence-corrected chi connectivity index (χ2v) is 7.63. The molecule has 0 radical (unpaired) electrons. The van der Waals surface area contributed by atoms with Gasteiger partial charge in [-0.1, -0.05) is 30.3 Å². The lowest BCUT2D eigenvalue weighted by molar-refractivity contribution is -0.143. The van der Waals surface area contributed by atoms with Crippen molar-refractivity contribution in [3.8, 4) is 0 Å². The molecule has 7 heteroatoms. The Morgan fingerprint density at radius 1 is 1.15 bits per heavy atom. The molecule has 7 nitrogen and oxygen atoms in total. The number of benzene rings is 1. The second kappa shape index (κ2) is 8.14. The Kier molecular flexibility index (Phi) is 5.63. The zero-order valence-electron chi connectivity index (χ0n) is 15.4. The molecule has 2 atom stereocenters. The number of hydrogen-bond acceptors (Lipinski definition) is 6. The number of piperidine rings is 1. The molecule has 0 saturated carbocycles. The van der Waals surface area contributed by atoms with E-state index in [1.54, 1.807) is 4.90 Å². The maximum absolute atomic E-state index is 12.7. The Bertz CT molecular complexity index is 619. The zero-order valence-corrected chi connectivity index (χ0v) is 15.4. The number of ether oxygens (including phenoxy) is 4. The molecule has 4 rings (SSSR count). The van der Waals surface area contributed by atoms with Crippen molar-refractivity contribution in [3.05, 3.63) is 35.9 Å². The van der Waals surface area contributed by atoms with Gasteiger partial charge in [-0.2, -0.15) is 0 Å². The minimum Gasteiger partial charge on any atom is -0.445 e. The first-order valence-electron chi connectivity index (χ1n) is 9.65. The molecule has 3 heterocycles. The van der Waals surface area contributed by atoms with Crippen LogP contribution in [0.3, 0.4) is 0 Å². The summed E-state index contributed by atoms with van der Waals surface area (Å²) in [6, 6.07) is 9.29. The van der Waals surface area contributed by atoms with Crippen LogP contribution in [0.1, 0.15) is 31.2 Å². The predicted molar refractivity (Wildman–Crippen MR) is 96.0 cm³/mol. The number of fused-ring (bicyclic) bond motifs is 2. The highest BCUT2D eigenvalue weighted by Gasteiger charge is 2.48. The fourth-order valence-electron chi connectivity index (χ4n) is 4.33. The van der Waals surface area contributed by atoms with Crippen LogP contribution in [-0.4, -0.2) is 66.5 Å². The summed E-state index contributed by atoms with van der Waals surface area (Å²) in [5.41, 5.74) is 0.127. The van der Waals surface area contributed by atoms with Gasteiger partial charge in [0.15, 0.2) is 6.29 Å². The van der Waals surface area contributed by atoms with Gasteiger partial charge in [0.05, 0.1) is 44.1 Å². The molecule has 1 amide bonds. The topological polar surface area (TPSA) is 77.5 Å². The van der Waals surface area contributed by atoms with Gasteiger partial charge in [0.2, 0.25) is 0 Å². The fourth-order valence-corrected chi connectivity index (χ4v) is 4.33. The van der Waals surface area contributed by atoms with E-state index in [9.17, 15) is 9.90 Å². The quantitative estimate of drug-likeness (QED) is 0.847. The summed E-state index contributed by atoms with van der Waals surface area (Å²) in [6.07, 6.45) is 1.67. The first-order chi connectivity index (χ1) is 13.1. The van der Waals surface area contributed by atoms with Gasteiger partial charge in [0.1, 0.15) is 6.61 Å². The van der Waals surface area contributed by atoms with E-state index in [1.807, 2.05) is 30.3 Å². The van der Waals surface area contributed by atoms with Crippen molar-refractivity contribution >= 4 is 6.09 Å². The maximum atomic E-state index is 12.7. The average Bonchev–Trinajstić information content (AvgIpc) is 3.18. The Morgan fingerprint density at radius 2 is 1.81 bits per heavy atom. The van der Waals surface area contributed by atoms with E-state index in [0.29, 0.717) is 52.1 Å². The van der Waals surface area contributed by atoms with Crippen LogP contribution in [0.25, 0.3) is 0 Å². The number of aliphatic hydroxyl groups is 1. The lowest BCUT2D eigenvalue weighted by Gasteiger charge is -2.51. The van der Waals surface area contributed by atoms with Crippen molar-refractivity contribution in [2.45, 2.75) is 56.3 Å². The summed E-state index contributed by atoms with van der Waals surface area (Å²) in [7, 11) is 0. The van der Waals surface area contributed by atoms with Crippen LogP contribution in [0, 0.1) is 0 Å². The molecule has 3 saturated heterocycles. The first-order valence-corrected chi connectivity index (χ1v) is 9.65. The van der Waals surface area contributed by atoms with Gasteiger partial charge in [-0.05, 0) is 24.8 Å². The molecule has 0 aliphatic carbocycles. The number of carbonyl (C=O) groups excluding carboxylic acids is 1. The summed E-state index contributed by atoms with van der Waals surface area (Å²) in [5.74, 6) is 0. The molecular formula is C20H27NO6. The number of nitrogens with zero attached hydrogens (tertiary/aromatic N) is 1. The Morgan fingerprint density at radius 3 is 2.48 bits per heavy atom. The van der Waals surface area contributed by atoms with Crippen LogP contribution < -0.4 is 0 Å². The van der Waals surface area contributed by atoms with Crippen LogP contribution in [0.2, 0.25) is 0 Å². The van der Waals surface area contributed by atoms with Gasteiger partial charge >= 0.3 is 6.09 Å². The van der Waals surface area contributed by atoms with Gasteiger partial charge in [-0.25, -0.2) is 4.79 Å². The van der Waals surface area contributed by atoms with E-state index in [2.05, 4.69) is 0 Å². The second-order valence-electron chi connectivity index (χ2n) is 7.63. The molecular weight excluding hydrogens is 350 g/mol. The van der Waals surface area contributed by atoms with E-state index in [-0.39, 0.29) is 31.1 Å². The largest absolute Gasteiger partial charge is 0.445 e. The van der Waals surface area contributed by atoms with E-state index < -0.39 is 5.60 Å². The van der Waals surface area contributed by atoms with Crippen LogP contribution in [-0.2, 0) is 25.6 Å². The smallest absolute Gasteiger partial charge is 0.410 e. The van der Waals surface area contributed by atoms with E-state index in [0.717, 1.165) is 5.56 Å². The lowest BCUT2D eigenvalue weighted by atomic mass is 9.78. The molecule has 3 fully saturated rings. The van der Waals surface area contributed by atoms with Crippen molar-refractivity contribution in [2.24, 2.45) is 0 Å². The summed E-state index contributed by atoms with van der Waals surface area (Å²) < 4.78 is 22.1. The third-order valence-corrected chi connectivity index (χ3v) is 5.59. The normalized spacial score (nSPS) is 31.1. The molecule has 0 aromatic heterocycles. The van der Waals surface area contributed by atoms with E-state index in [1.165, 1.54) is 0 Å². The van der Waals surface area contributed by atoms with Crippen LogP contribution in [0.4, 0.5) is 4.79 Å². The fraction of sp³-hybridized carbons (Fsp3) is 0.650. The number of hydrogen-bond donors (Lipinski definition) is 1. The predicted octanol–water partition coefficient (Wildman–Crippen LogP) is 2.07. The molecule has 1 N–H and O–H groups in total. The maximum Gasteiger partial charge on any atom is 0.410 e. The highest BCUT2D eigenvalue weighted by Crippen LogP contribution is 2.38. The standard InChI is InChI=1S/C20H27NO6/c22-19(27-12-15-4-2-1-3-5-15)21-16-10-20(23,11-17(21)14-24-13-16)7-6-18-25-8-9-26-18/h1-5,16-18,23H,6-14H2. The minimum atomic E-state index is -0.829. The monoisotopic (exact) mass is 377 g/mol.